The predicted molar refractivity (Wildman–Crippen MR) is 124 cm³/mol. The predicted octanol–water partition coefficient (Wildman–Crippen LogP) is 6.06. The molecule has 0 unspecified atom stereocenters. The van der Waals surface area contributed by atoms with Gasteiger partial charge in [0.2, 0.25) is 0 Å². The highest BCUT2D eigenvalue weighted by Crippen LogP contribution is 2.32. The van der Waals surface area contributed by atoms with E-state index in [0.717, 1.165) is 21.3 Å². The number of aromatic nitrogens is 1. The molecule has 158 valence electrons. The molecule has 0 aliphatic heterocycles. The SMILES string of the molecule is C=CCn1c(C(=O)Nc2sc(C)cc2C(=O)OCC)c(C)c2cc(C(C)C)ccc21. The summed E-state index contributed by atoms with van der Waals surface area (Å²) in [5.74, 6) is -0.277. The number of benzene rings is 1. The molecule has 0 radical (unpaired) electrons. The number of hydrogen-bond donors (Lipinski definition) is 1. The van der Waals surface area contributed by atoms with Crippen LogP contribution in [0.4, 0.5) is 5.00 Å². The smallest absolute Gasteiger partial charge is 0.341 e. The zero-order valence-electron chi connectivity index (χ0n) is 18.2. The van der Waals surface area contributed by atoms with Gasteiger partial charge in [-0.2, -0.15) is 0 Å². The van der Waals surface area contributed by atoms with Gasteiger partial charge in [0.15, 0.2) is 0 Å². The monoisotopic (exact) mass is 424 g/mol. The first kappa shape index (κ1) is 21.8. The van der Waals surface area contributed by atoms with Gasteiger partial charge >= 0.3 is 5.97 Å². The summed E-state index contributed by atoms with van der Waals surface area (Å²) in [6.45, 7) is 14.6. The van der Waals surface area contributed by atoms with Crippen LogP contribution in [0.2, 0.25) is 0 Å². The second-order valence-corrected chi connectivity index (χ2v) is 8.83. The summed E-state index contributed by atoms with van der Waals surface area (Å²) in [6, 6.07) is 8.08. The summed E-state index contributed by atoms with van der Waals surface area (Å²) in [7, 11) is 0. The number of carbonyl (C=O) groups excluding carboxylic acids is 2. The average Bonchev–Trinajstić information content (AvgIpc) is 3.19. The van der Waals surface area contributed by atoms with Gasteiger partial charge in [0.25, 0.3) is 5.91 Å². The number of anilines is 1. The second kappa shape index (κ2) is 8.88. The van der Waals surface area contributed by atoms with Crippen molar-refractivity contribution in [3.8, 4) is 0 Å². The molecule has 0 bridgehead atoms. The standard InChI is InChI=1S/C24H28N2O3S/c1-7-11-26-20-10-9-17(14(3)4)13-18(20)16(6)21(26)22(27)25-23-19(12-15(5)30-23)24(28)29-8-2/h7,9-10,12-14H,1,8,11H2,2-6H3,(H,25,27). The third-order valence-corrected chi connectivity index (χ3v) is 6.08. The van der Waals surface area contributed by atoms with Crippen molar-refractivity contribution in [3.63, 3.8) is 0 Å². The lowest BCUT2D eigenvalue weighted by molar-refractivity contribution is 0.0528. The summed E-state index contributed by atoms with van der Waals surface area (Å²) in [5.41, 5.74) is 4.10. The zero-order chi connectivity index (χ0) is 22.0. The number of allylic oxidation sites excluding steroid dienone is 1. The molecule has 0 saturated heterocycles. The number of ether oxygens (including phenoxy) is 1. The lowest BCUT2D eigenvalue weighted by Crippen LogP contribution is -2.19. The number of aryl methyl sites for hydroxylation is 2. The van der Waals surface area contributed by atoms with Crippen LogP contribution < -0.4 is 5.32 Å². The van der Waals surface area contributed by atoms with Crippen LogP contribution in [0, 0.1) is 13.8 Å². The van der Waals surface area contributed by atoms with Crippen LogP contribution in [-0.4, -0.2) is 23.1 Å². The normalized spacial score (nSPS) is 11.1. The van der Waals surface area contributed by atoms with Crippen molar-refractivity contribution in [1.82, 2.24) is 4.57 Å². The number of thiophene rings is 1. The highest BCUT2D eigenvalue weighted by Gasteiger charge is 2.23. The number of hydrogen-bond acceptors (Lipinski definition) is 4. The van der Waals surface area contributed by atoms with Crippen molar-refractivity contribution < 1.29 is 14.3 Å². The number of amides is 1. The Kier molecular flexibility index (Phi) is 6.46. The van der Waals surface area contributed by atoms with Gasteiger partial charge in [0.1, 0.15) is 10.7 Å². The minimum Gasteiger partial charge on any atom is -0.462 e. The van der Waals surface area contributed by atoms with Gasteiger partial charge in [0, 0.05) is 22.3 Å². The fourth-order valence-electron chi connectivity index (χ4n) is 3.64. The molecule has 0 spiro atoms. The van der Waals surface area contributed by atoms with Gasteiger partial charge in [-0.15, -0.1) is 17.9 Å². The van der Waals surface area contributed by atoms with Crippen molar-refractivity contribution in [1.29, 1.82) is 0 Å². The van der Waals surface area contributed by atoms with Crippen molar-refractivity contribution >= 4 is 39.1 Å². The number of rotatable bonds is 7. The third kappa shape index (κ3) is 4.05. The second-order valence-electron chi connectivity index (χ2n) is 7.58. The molecule has 1 aromatic carbocycles. The largest absolute Gasteiger partial charge is 0.462 e. The minimum absolute atomic E-state index is 0.246. The Hall–Kier alpha value is -2.86. The summed E-state index contributed by atoms with van der Waals surface area (Å²) in [5, 5.41) is 4.51. The van der Waals surface area contributed by atoms with Crippen molar-refractivity contribution in [2.24, 2.45) is 0 Å². The fourth-order valence-corrected chi connectivity index (χ4v) is 4.54. The molecule has 0 aliphatic rings. The Labute approximate surface area is 181 Å². The first-order chi connectivity index (χ1) is 14.3. The molecule has 30 heavy (non-hydrogen) atoms. The van der Waals surface area contributed by atoms with Crippen LogP contribution in [0.1, 0.15) is 63.5 Å². The molecular formula is C24H28N2O3S. The molecule has 1 N–H and O–H groups in total. The van der Waals surface area contributed by atoms with Crippen LogP contribution in [0.3, 0.4) is 0 Å². The number of esters is 1. The molecule has 2 aromatic heterocycles. The van der Waals surface area contributed by atoms with E-state index in [1.54, 1.807) is 19.1 Å². The first-order valence-corrected chi connectivity index (χ1v) is 10.9. The highest BCUT2D eigenvalue weighted by atomic mass is 32.1. The third-order valence-electron chi connectivity index (χ3n) is 5.11. The number of nitrogens with one attached hydrogen (secondary N) is 1. The molecular weight excluding hydrogens is 396 g/mol. The summed E-state index contributed by atoms with van der Waals surface area (Å²) < 4.78 is 7.11. The van der Waals surface area contributed by atoms with Gasteiger partial charge in [-0.3, -0.25) is 4.79 Å². The van der Waals surface area contributed by atoms with Gasteiger partial charge < -0.3 is 14.6 Å². The van der Waals surface area contributed by atoms with E-state index in [2.05, 4.69) is 43.9 Å². The maximum Gasteiger partial charge on any atom is 0.341 e. The zero-order valence-corrected chi connectivity index (χ0v) is 19.0. The first-order valence-electron chi connectivity index (χ1n) is 10.1. The minimum atomic E-state index is -0.429. The molecule has 1 amide bonds. The maximum absolute atomic E-state index is 13.3. The number of fused-ring (bicyclic) bond motifs is 1. The Balaban J connectivity index is 2.07. The molecule has 0 atom stereocenters. The van der Waals surface area contributed by atoms with E-state index < -0.39 is 5.97 Å². The average molecular weight is 425 g/mol. The van der Waals surface area contributed by atoms with Gasteiger partial charge in [-0.1, -0.05) is 26.0 Å². The van der Waals surface area contributed by atoms with Crippen molar-refractivity contribution in [2.75, 3.05) is 11.9 Å². The summed E-state index contributed by atoms with van der Waals surface area (Å²) in [4.78, 5) is 26.6. The van der Waals surface area contributed by atoms with Crippen LogP contribution in [0.5, 0.6) is 0 Å². The molecule has 0 aliphatic carbocycles. The molecule has 2 heterocycles. The van der Waals surface area contributed by atoms with Crippen molar-refractivity contribution in [3.05, 3.63) is 64.2 Å². The van der Waals surface area contributed by atoms with Crippen LogP contribution in [0.15, 0.2) is 36.9 Å². The summed E-state index contributed by atoms with van der Waals surface area (Å²) >= 11 is 1.37. The van der Waals surface area contributed by atoms with Crippen LogP contribution >= 0.6 is 11.3 Å². The van der Waals surface area contributed by atoms with E-state index >= 15 is 0 Å². The molecule has 3 aromatic rings. The highest BCUT2D eigenvalue weighted by molar-refractivity contribution is 7.16. The van der Waals surface area contributed by atoms with E-state index in [9.17, 15) is 9.59 Å². The molecule has 3 rings (SSSR count). The molecule has 5 nitrogen and oxygen atoms in total. The lowest BCUT2D eigenvalue weighted by Gasteiger charge is -2.10. The van der Waals surface area contributed by atoms with E-state index in [0.29, 0.717) is 28.7 Å². The van der Waals surface area contributed by atoms with E-state index in [1.165, 1.54) is 16.9 Å². The van der Waals surface area contributed by atoms with E-state index in [1.807, 2.05) is 18.4 Å². The Bertz CT molecular complexity index is 1120. The Morgan fingerprint density at radius 3 is 2.63 bits per heavy atom. The quantitative estimate of drug-likeness (QED) is 0.370. The number of nitrogens with zero attached hydrogens (tertiary/aromatic N) is 1. The van der Waals surface area contributed by atoms with Crippen LogP contribution in [-0.2, 0) is 11.3 Å². The van der Waals surface area contributed by atoms with E-state index in [-0.39, 0.29) is 12.5 Å². The summed E-state index contributed by atoms with van der Waals surface area (Å²) in [6.07, 6.45) is 1.78. The van der Waals surface area contributed by atoms with E-state index in [4.69, 9.17) is 4.74 Å². The fraction of sp³-hybridized carbons (Fsp3) is 0.333. The van der Waals surface area contributed by atoms with Gasteiger partial charge in [-0.05, 0) is 56.0 Å². The van der Waals surface area contributed by atoms with Gasteiger partial charge in [0.05, 0.1) is 12.2 Å². The lowest BCUT2D eigenvalue weighted by atomic mass is 10.0. The topological polar surface area (TPSA) is 60.3 Å². The maximum atomic E-state index is 13.3. The Morgan fingerprint density at radius 2 is 2.00 bits per heavy atom. The molecule has 0 fully saturated rings. The Morgan fingerprint density at radius 1 is 1.27 bits per heavy atom. The number of carbonyl (C=O) groups is 2. The molecule has 0 saturated carbocycles. The van der Waals surface area contributed by atoms with Crippen molar-refractivity contribution in [2.45, 2.75) is 47.1 Å². The van der Waals surface area contributed by atoms with Gasteiger partial charge in [-0.25, -0.2) is 4.79 Å². The molecule has 6 heteroatoms. The van der Waals surface area contributed by atoms with Crippen LogP contribution in [0.25, 0.3) is 10.9 Å².